The molecule has 0 aliphatic carbocycles. The number of carbonyl (C=O) groups excluding carboxylic acids is 2. The van der Waals surface area contributed by atoms with Gasteiger partial charge in [-0.05, 0) is 0 Å². The van der Waals surface area contributed by atoms with E-state index in [4.69, 9.17) is 23.7 Å². The largest absolute Gasteiger partial charge is 0.394 e. The van der Waals surface area contributed by atoms with Crippen molar-refractivity contribution in [3.63, 3.8) is 0 Å². The van der Waals surface area contributed by atoms with Crippen molar-refractivity contribution in [2.45, 2.75) is 106 Å². The van der Waals surface area contributed by atoms with E-state index in [-0.39, 0.29) is 0 Å². The average molecular weight is 589 g/mol. The van der Waals surface area contributed by atoms with E-state index in [1.165, 1.54) is 0 Å². The molecule has 0 aromatic rings. The maximum atomic E-state index is 14.4. The fourth-order valence-corrected chi connectivity index (χ4v) is 4.73. The molecule has 15 atom stereocenters. The maximum absolute atomic E-state index is 14.4. The summed E-state index contributed by atoms with van der Waals surface area (Å²) in [7, 11) is 0. The van der Waals surface area contributed by atoms with Gasteiger partial charge >= 0.3 is 0 Å². The molecule has 0 radical (unpaired) electrons. The predicted octanol–water partition coefficient (Wildman–Crippen LogP) is -6.31. The number of aliphatic hydroxyl groups is 8. The Hall–Kier alpha value is -1.65. The van der Waals surface area contributed by atoms with E-state index >= 15 is 0 Å². The monoisotopic (exact) mass is 588 g/mol. The molecule has 0 aromatic heterocycles. The lowest BCUT2D eigenvalue weighted by Crippen LogP contribution is -2.68. The topological polar surface area (TPSA) is 266 Å². The van der Waals surface area contributed by atoms with Crippen molar-refractivity contribution in [1.29, 1.82) is 0 Å². The quantitative estimate of drug-likeness (QED) is 0.120. The van der Waals surface area contributed by atoms with E-state index in [2.05, 4.69) is 10.6 Å². The number of halogens is 1. The van der Waals surface area contributed by atoms with Crippen molar-refractivity contribution in [1.82, 2.24) is 10.6 Å². The van der Waals surface area contributed by atoms with Gasteiger partial charge in [-0.2, -0.15) is 0 Å². The molecule has 3 rings (SSSR count). The van der Waals surface area contributed by atoms with E-state index in [0.29, 0.717) is 0 Å². The fraction of sp³-hybridized carbons (Fsp3) is 0.909. The summed E-state index contributed by atoms with van der Waals surface area (Å²) in [6.45, 7) is -0.0419. The first-order valence-electron chi connectivity index (χ1n) is 12.5. The summed E-state index contributed by atoms with van der Waals surface area (Å²) in [5.41, 5.74) is 0. The van der Waals surface area contributed by atoms with Crippen LogP contribution in [-0.2, 0) is 33.3 Å². The number of alkyl halides is 1. The van der Waals surface area contributed by atoms with Crippen molar-refractivity contribution in [2.75, 3.05) is 19.8 Å². The minimum absolute atomic E-state index is 0.637. The molecule has 0 aromatic carbocycles. The summed E-state index contributed by atoms with van der Waals surface area (Å²) < 4.78 is 41.6. The number of nitrogens with one attached hydrogen (secondary N) is 2. The van der Waals surface area contributed by atoms with Crippen LogP contribution in [0.25, 0.3) is 0 Å². The van der Waals surface area contributed by atoms with Crippen LogP contribution < -0.4 is 10.6 Å². The number of ether oxygens (including phenoxy) is 5. The zero-order chi connectivity index (χ0) is 29.9. The van der Waals surface area contributed by atoms with E-state index in [1.54, 1.807) is 0 Å². The molecule has 17 nitrogen and oxygen atoms in total. The van der Waals surface area contributed by atoms with E-state index in [1.807, 2.05) is 0 Å². The van der Waals surface area contributed by atoms with Crippen LogP contribution in [0.1, 0.15) is 13.8 Å². The molecule has 0 unspecified atom stereocenters. The first-order valence-corrected chi connectivity index (χ1v) is 12.5. The second-order valence-electron chi connectivity index (χ2n) is 9.80. The lowest BCUT2D eigenvalue weighted by molar-refractivity contribution is -0.345. The highest BCUT2D eigenvalue weighted by atomic mass is 19.1. The molecule has 18 heteroatoms. The average Bonchev–Trinajstić information content (AvgIpc) is 2.90. The van der Waals surface area contributed by atoms with Crippen LogP contribution in [0.5, 0.6) is 0 Å². The Morgan fingerprint density at radius 2 is 1.30 bits per heavy atom. The van der Waals surface area contributed by atoms with Crippen LogP contribution in [0.2, 0.25) is 0 Å². The highest BCUT2D eigenvalue weighted by Crippen LogP contribution is 2.30. The Morgan fingerprint density at radius 3 is 1.88 bits per heavy atom. The molecule has 3 fully saturated rings. The number of hydrogen-bond donors (Lipinski definition) is 10. The Kier molecular flexibility index (Phi) is 11.5. The molecular weight excluding hydrogens is 551 g/mol. The Morgan fingerprint density at radius 1 is 0.725 bits per heavy atom. The number of aliphatic hydroxyl groups excluding tert-OH is 8. The van der Waals surface area contributed by atoms with Gasteiger partial charge in [0.15, 0.2) is 25.0 Å². The van der Waals surface area contributed by atoms with Gasteiger partial charge in [0, 0.05) is 13.8 Å². The number of rotatable bonds is 9. The molecule has 3 aliphatic heterocycles. The first-order chi connectivity index (χ1) is 18.8. The summed E-state index contributed by atoms with van der Waals surface area (Å²) in [6, 6.07) is -2.89. The molecule has 10 N–H and O–H groups in total. The van der Waals surface area contributed by atoms with Crippen LogP contribution in [-0.4, -0.2) is 165 Å². The summed E-state index contributed by atoms with van der Waals surface area (Å²) in [4.78, 5) is 23.4. The molecule has 0 spiro atoms. The smallest absolute Gasteiger partial charge is 0.217 e. The molecule has 3 heterocycles. The van der Waals surface area contributed by atoms with Crippen LogP contribution in [0.15, 0.2) is 0 Å². The van der Waals surface area contributed by atoms with Gasteiger partial charge in [0.25, 0.3) is 0 Å². The second kappa shape index (κ2) is 14.0. The van der Waals surface area contributed by atoms with Gasteiger partial charge in [-0.1, -0.05) is 0 Å². The highest BCUT2D eigenvalue weighted by Gasteiger charge is 2.52. The SMILES string of the molecule is CC(=O)N[C@@H]1[C@@H](O[C@@H]2O[C@H](CO)[C@H](O)[C@H](O)[C@H]2O)[C@@H](O)[C@@H](CO[C@@H]2O[C@H](CO)[C@@H](F)[C@H](O)[C@H]2NC(C)=O)O[C@@H]1O. The third-order valence-electron chi connectivity index (χ3n) is 6.83. The van der Waals surface area contributed by atoms with Crippen LogP contribution in [0.4, 0.5) is 4.39 Å². The third kappa shape index (κ3) is 7.21. The standard InChI is InChI=1S/C22H37FN2O15/c1-6(28)24-12-16(32)11(23)8(3-26)38-21(12)36-5-10-15(31)19(13(20(35)37-10)25-7(2)29)40-22-18(34)17(33)14(30)9(4-27)39-22/h8-22,26-27,30-35H,3-5H2,1-2H3,(H,24,28)(H,25,29)/t8-,9-,10-,11-,12-,13-,14+,15+,16+,17+,18-,19-,20+,21-,22+/m1/s1. The Balaban J connectivity index is 1.78. The lowest BCUT2D eigenvalue weighted by atomic mass is 9.95. The van der Waals surface area contributed by atoms with Gasteiger partial charge in [0.2, 0.25) is 11.8 Å². The van der Waals surface area contributed by atoms with Gasteiger partial charge in [0.05, 0.1) is 19.8 Å². The summed E-state index contributed by atoms with van der Waals surface area (Å²) >= 11 is 0. The molecule has 232 valence electrons. The van der Waals surface area contributed by atoms with E-state index in [9.17, 15) is 54.8 Å². The first kappa shape index (κ1) is 32.9. The number of hydrogen-bond acceptors (Lipinski definition) is 15. The lowest BCUT2D eigenvalue weighted by Gasteiger charge is -2.47. The zero-order valence-electron chi connectivity index (χ0n) is 21.6. The van der Waals surface area contributed by atoms with Gasteiger partial charge in [0.1, 0.15) is 67.0 Å². The van der Waals surface area contributed by atoms with Gasteiger partial charge in [-0.3, -0.25) is 9.59 Å². The molecule has 0 bridgehead atoms. The molecule has 3 aliphatic rings. The summed E-state index contributed by atoms with van der Waals surface area (Å²) in [5.74, 6) is -1.33. The van der Waals surface area contributed by atoms with Gasteiger partial charge in [-0.15, -0.1) is 0 Å². The maximum Gasteiger partial charge on any atom is 0.217 e. The third-order valence-corrected chi connectivity index (χ3v) is 6.83. The molecule has 2 amide bonds. The highest BCUT2D eigenvalue weighted by molar-refractivity contribution is 5.73. The van der Waals surface area contributed by atoms with Crippen molar-refractivity contribution < 1.29 is 78.5 Å². The van der Waals surface area contributed by atoms with Crippen LogP contribution in [0.3, 0.4) is 0 Å². The van der Waals surface area contributed by atoms with E-state index in [0.717, 1.165) is 13.8 Å². The van der Waals surface area contributed by atoms with E-state index < -0.39 is 124 Å². The summed E-state index contributed by atoms with van der Waals surface area (Å²) in [5, 5.41) is 85.8. The Bertz CT molecular complexity index is 857. The number of carbonyl (C=O) groups is 2. The zero-order valence-corrected chi connectivity index (χ0v) is 21.6. The minimum atomic E-state index is -2.07. The van der Waals surface area contributed by atoms with Gasteiger partial charge in [-0.25, -0.2) is 4.39 Å². The van der Waals surface area contributed by atoms with Crippen LogP contribution >= 0.6 is 0 Å². The molecule has 40 heavy (non-hydrogen) atoms. The second-order valence-corrected chi connectivity index (χ2v) is 9.80. The van der Waals surface area contributed by atoms with Crippen molar-refractivity contribution >= 4 is 11.8 Å². The molecular formula is C22H37FN2O15. The summed E-state index contributed by atoms with van der Waals surface area (Å²) in [6.07, 6.45) is -22.2. The van der Waals surface area contributed by atoms with Crippen LogP contribution in [0, 0.1) is 0 Å². The predicted molar refractivity (Wildman–Crippen MR) is 123 cm³/mol. The van der Waals surface area contributed by atoms with Gasteiger partial charge < -0.3 is 75.2 Å². The van der Waals surface area contributed by atoms with Crippen molar-refractivity contribution in [3.05, 3.63) is 0 Å². The van der Waals surface area contributed by atoms with Crippen molar-refractivity contribution in [3.8, 4) is 0 Å². The van der Waals surface area contributed by atoms with Crippen molar-refractivity contribution in [2.24, 2.45) is 0 Å². The normalized spacial score (nSPS) is 46.0. The molecule has 0 saturated carbocycles. The fourth-order valence-electron chi connectivity index (χ4n) is 4.73. The molecule has 3 saturated heterocycles. The number of amides is 2. The minimum Gasteiger partial charge on any atom is -0.394 e. The Labute approximate surface area is 227 Å².